The average molecular weight is 369 g/mol. The van der Waals surface area contributed by atoms with Gasteiger partial charge in [-0.25, -0.2) is 0 Å². The summed E-state index contributed by atoms with van der Waals surface area (Å²) < 4.78 is 21.5. The molecule has 0 saturated heterocycles. The summed E-state index contributed by atoms with van der Waals surface area (Å²) in [7, 11) is 4.80. The van der Waals surface area contributed by atoms with Crippen LogP contribution in [-0.4, -0.2) is 40.4 Å². The summed E-state index contributed by atoms with van der Waals surface area (Å²) in [6.07, 6.45) is 2.53. The Balaban J connectivity index is 1.61. The molecule has 0 bridgehead atoms. The molecule has 3 rings (SSSR count). The predicted molar refractivity (Wildman–Crippen MR) is 103 cm³/mol. The highest BCUT2D eigenvalue weighted by molar-refractivity contribution is 5.99. The first-order chi connectivity index (χ1) is 13.2. The van der Waals surface area contributed by atoms with Gasteiger partial charge in [0, 0.05) is 12.1 Å². The summed E-state index contributed by atoms with van der Waals surface area (Å²) in [4.78, 5) is 12.4. The molecule has 0 saturated carbocycles. The van der Waals surface area contributed by atoms with Crippen LogP contribution in [0.15, 0.2) is 42.0 Å². The molecule has 142 valence electrons. The van der Waals surface area contributed by atoms with E-state index in [1.807, 2.05) is 42.5 Å². The van der Waals surface area contributed by atoms with E-state index in [1.54, 1.807) is 21.3 Å². The highest BCUT2D eigenvalue weighted by atomic mass is 16.5. The van der Waals surface area contributed by atoms with E-state index >= 15 is 0 Å². The summed E-state index contributed by atoms with van der Waals surface area (Å²) in [5, 5.41) is 2.94. The maximum atomic E-state index is 12.4. The third-order valence-electron chi connectivity index (χ3n) is 4.37. The summed E-state index contributed by atoms with van der Waals surface area (Å²) in [5.41, 5.74) is 2.48. The third kappa shape index (κ3) is 4.16. The molecule has 1 heterocycles. The number of carbonyl (C=O) groups excluding carboxylic acids is 1. The van der Waals surface area contributed by atoms with Gasteiger partial charge >= 0.3 is 0 Å². The van der Waals surface area contributed by atoms with E-state index in [0.717, 1.165) is 11.1 Å². The molecule has 0 atom stereocenters. The lowest BCUT2D eigenvalue weighted by Crippen LogP contribution is -2.30. The van der Waals surface area contributed by atoms with Gasteiger partial charge in [-0.3, -0.25) is 4.79 Å². The Hall–Kier alpha value is -3.15. The lowest BCUT2D eigenvalue weighted by atomic mass is 10.1. The Morgan fingerprint density at radius 1 is 1.04 bits per heavy atom. The number of hydrogen-bond acceptors (Lipinski definition) is 5. The topological polar surface area (TPSA) is 66.0 Å². The maximum Gasteiger partial charge on any atom is 0.250 e. The highest BCUT2D eigenvalue weighted by Gasteiger charge is 2.19. The van der Waals surface area contributed by atoms with E-state index in [9.17, 15) is 4.79 Å². The van der Waals surface area contributed by atoms with Crippen LogP contribution in [0.4, 0.5) is 0 Å². The molecule has 27 heavy (non-hydrogen) atoms. The molecule has 1 aliphatic rings. The molecule has 6 heteroatoms. The van der Waals surface area contributed by atoms with Gasteiger partial charge < -0.3 is 24.3 Å². The van der Waals surface area contributed by atoms with Crippen molar-refractivity contribution in [2.75, 3.05) is 34.5 Å². The number of ether oxygens (including phenoxy) is 4. The van der Waals surface area contributed by atoms with Gasteiger partial charge in [-0.1, -0.05) is 18.2 Å². The smallest absolute Gasteiger partial charge is 0.250 e. The fourth-order valence-electron chi connectivity index (χ4n) is 2.94. The second-order valence-electron chi connectivity index (χ2n) is 6.03. The zero-order chi connectivity index (χ0) is 19.2. The number of rotatable bonds is 7. The lowest BCUT2D eigenvalue weighted by Gasteiger charge is -2.19. The molecule has 0 aromatic heterocycles. The predicted octanol–water partition coefficient (Wildman–Crippen LogP) is 2.85. The lowest BCUT2D eigenvalue weighted by molar-refractivity contribution is -0.117. The second kappa shape index (κ2) is 8.49. The Morgan fingerprint density at radius 3 is 2.56 bits per heavy atom. The number of fused-ring (bicyclic) bond motifs is 1. The van der Waals surface area contributed by atoms with Crippen LogP contribution in [0.25, 0.3) is 6.08 Å². The van der Waals surface area contributed by atoms with E-state index in [1.165, 1.54) is 0 Å². The first-order valence-corrected chi connectivity index (χ1v) is 8.65. The van der Waals surface area contributed by atoms with Crippen LogP contribution in [0.5, 0.6) is 23.0 Å². The molecule has 0 unspecified atom stereocenters. The van der Waals surface area contributed by atoms with Crippen molar-refractivity contribution in [2.24, 2.45) is 0 Å². The number of carbonyl (C=O) groups is 1. The molecule has 0 fully saturated rings. The maximum absolute atomic E-state index is 12.4. The summed E-state index contributed by atoms with van der Waals surface area (Å²) in [6, 6.07) is 11.3. The van der Waals surface area contributed by atoms with Crippen LogP contribution in [0.3, 0.4) is 0 Å². The number of nitrogens with one attached hydrogen (secondary N) is 1. The zero-order valence-electron chi connectivity index (χ0n) is 15.7. The van der Waals surface area contributed by atoms with Crippen molar-refractivity contribution in [3.05, 3.63) is 53.1 Å². The number of benzene rings is 2. The Labute approximate surface area is 158 Å². The molecule has 1 N–H and O–H groups in total. The fraction of sp³-hybridized carbons (Fsp3) is 0.286. The summed E-state index contributed by atoms with van der Waals surface area (Å²) >= 11 is 0. The molecule has 0 aliphatic carbocycles. The van der Waals surface area contributed by atoms with Crippen molar-refractivity contribution in [3.63, 3.8) is 0 Å². The van der Waals surface area contributed by atoms with Crippen LogP contribution in [0, 0.1) is 0 Å². The normalized spacial score (nSPS) is 12.3. The van der Waals surface area contributed by atoms with Gasteiger partial charge in [0.1, 0.15) is 6.61 Å². The highest BCUT2D eigenvalue weighted by Crippen LogP contribution is 2.35. The molecule has 1 amide bonds. The fourth-order valence-corrected chi connectivity index (χ4v) is 2.94. The minimum Gasteiger partial charge on any atom is -0.493 e. The van der Waals surface area contributed by atoms with E-state index in [4.69, 9.17) is 18.9 Å². The Bertz CT molecular complexity index is 860. The molecule has 2 aromatic rings. The largest absolute Gasteiger partial charge is 0.493 e. The van der Waals surface area contributed by atoms with Crippen LogP contribution >= 0.6 is 0 Å². The van der Waals surface area contributed by atoms with Crippen LogP contribution in [0.2, 0.25) is 0 Å². The molecule has 0 radical (unpaired) electrons. The SMILES string of the molecule is COc1ccc(CCNC(=O)C2=Cc3cccc(OC)c3OC2)cc1OC. The second-order valence-corrected chi connectivity index (χ2v) is 6.03. The average Bonchev–Trinajstić information content (AvgIpc) is 2.72. The molecule has 0 spiro atoms. The number of amides is 1. The monoisotopic (exact) mass is 369 g/mol. The Morgan fingerprint density at radius 2 is 1.81 bits per heavy atom. The van der Waals surface area contributed by atoms with Crippen molar-refractivity contribution < 1.29 is 23.7 Å². The minimum atomic E-state index is -0.135. The van der Waals surface area contributed by atoms with Gasteiger partial charge in [0.25, 0.3) is 5.91 Å². The van der Waals surface area contributed by atoms with E-state index in [0.29, 0.717) is 41.5 Å². The van der Waals surface area contributed by atoms with Crippen molar-refractivity contribution in [3.8, 4) is 23.0 Å². The van der Waals surface area contributed by atoms with Crippen LogP contribution in [0.1, 0.15) is 11.1 Å². The van der Waals surface area contributed by atoms with E-state index in [2.05, 4.69) is 5.32 Å². The van der Waals surface area contributed by atoms with Crippen molar-refractivity contribution >= 4 is 12.0 Å². The van der Waals surface area contributed by atoms with Gasteiger partial charge in [0.15, 0.2) is 23.0 Å². The molecular weight excluding hydrogens is 346 g/mol. The van der Waals surface area contributed by atoms with Crippen molar-refractivity contribution in [2.45, 2.75) is 6.42 Å². The van der Waals surface area contributed by atoms with Crippen LogP contribution < -0.4 is 24.3 Å². The molecule has 6 nitrogen and oxygen atoms in total. The van der Waals surface area contributed by atoms with Crippen molar-refractivity contribution in [1.82, 2.24) is 5.32 Å². The first kappa shape index (κ1) is 18.6. The third-order valence-corrected chi connectivity index (χ3v) is 4.37. The number of para-hydroxylation sites is 1. The summed E-state index contributed by atoms with van der Waals surface area (Å²) in [5.74, 6) is 2.56. The van der Waals surface area contributed by atoms with Gasteiger partial charge in [0.05, 0.1) is 26.9 Å². The number of hydrogen-bond donors (Lipinski definition) is 1. The molecule has 1 aliphatic heterocycles. The first-order valence-electron chi connectivity index (χ1n) is 8.65. The van der Waals surface area contributed by atoms with E-state index < -0.39 is 0 Å². The minimum absolute atomic E-state index is 0.135. The molecule has 2 aromatic carbocycles. The van der Waals surface area contributed by atoms with Crippen molar-refractivity contribution in [1.29, 1.82) is 0 Å². The van der Waals surface area contributed by atoms with E-state index in [-0.39, 0.29) is 12.5 Å². The summed E-state index contributed by atoms with van der Waals surface area (Å²) in [6.45, 7) is 0.728. The van der Waals surface area contributed by atoms with Gasteiger partial charge in [0.2, 0.25) is 0 Å². The van der Waals surface area contributed by atoms with Gasteiger partial charge in [-0.15, -0.1) is 0 Å². The zero-order valence-corrected chi connectivity index (χ0v) is 15.7. The van der Waals surface area contributed by atoms with Gasteiger partial charge in [-0.2, -0.15) is 0 Å². The van der Waals surface area contributed by atoms with Crippen LogP contribution in [-0.2, 0) is 11.2 Å². The Kier molecular flexibility index (Phi) is 5.86. The van der Waals surface area contributed by atoms with Gasteiger partial charge in [-0.05, 0) is 36.3 Å². The number of methoxy groups -OCH3 is 3. The molecular formula is C21H23NO5. The quantitative estimate of drug-likeness (QED) is 0.813. The standard InChI is InChI=1S/C21H23NO5/c1-24-17-8-7-14(11-19(17)26-3)9-10-22-21(23)16-12-15-5-4-6-18(25-2)20(15)27-13-16/h4-8,11-12H,9-10,13H2,1-3H3,(H,22,23).